The van der Waals surface area contributed by atoms with Crippen LogP contribution in [0.15, 0.2) is 42.5 Å². The van der Waals surface area contributed by atoms with Crippen LogP contribution in [0.3, 0.4) is 0 Å². The number of hydrogen-bond acceptors (Lipinski definition) is 4. The van der Waals surface area contributed by atoms with Crippen molar-refractivity contribution in [1.29, 1.82) is 0 Å². The molecule has 2 aromatic carbocycles. The summed E-state index contributed by atoms with van der Waals surface area (Å²) in [6.07, 6.45) is 0.275. The number of likely N-dealkylation sites (tertiary alicyclic amines) is 1. The Morgan fingerprint density at radius 1 is 1.03 bits per heavy atom. The van der Waals surface area contributed by atoms with E-state index in [2.05, 4.69) is 55.8 Å². The number of carbonyl (C=O) groups is 1. The molecule has 2 atom stereocenters. The Bertz CT molecular complexity index is 893. The normalized spacial score (nSPS) is 21.7. The van der Waals surface area contributed by atoms with E-state index in [4.69, 9.17) is 0 Å². The van der Waals surface area contributed by atoms with Gasteiger partial charge in [0.05, 0.1) is 17.5 Å². The summed E-state index contributed by atoms with van der Waals surface area (Å²) < 4.78 is 0. The van der Waals surface area contributed by atoms with E-state index in [0.29, 0.717) is 37.2 Å². The first-order valence-corrected chi connectivity index (χ1v) is 10.6. The van der Waals surface area contributed by atoms with Gasteiger partial charge in [0, 0.05) is 44.3 Å². The molecule has 2 aliphatic heterocycles. The SMILES string of the molecule is CC(C)N1C[C@H](C)N(C)c2ccc(-c3ccc(C(=O)N4CC[C@H](O)C4)cc3)cc21. The molecule has 0 spiro atoms. The molecule has 0 saturated carbocycles. The van der Waals surface area contributed by atoms with Crippen molar-refractivity contribution in [2.45, 2.75) is 45.4 Å². The number of carbonyl (C=O) groups excluding carboxylic acids is 1. The molecule has 0 radical (unpaired) electrons. The van der Waals surface area contributed by atoms with E-state index in [1.165, 1.54) is 11.4 Å². The Morgan fingerprint density at radius 2 is 1.72 bits per heavy atom. The number of rotatable bonds is 3. The maximum absolute atomic E-state index is 12.6. The van der Waals surface area contributed by atoms with Crippen molar-refractivity contribution in [2.75, 3.05) is 36.5 Å². The molecule has 5 heteroatoms. The zero-order valence-corrected chi connectivity index (χ0v) is 17.8. The summed E-state index contributed by atoms with van der Waals surface area (Å²) in [6.45, 7) is 8.82. The van der Waals surface area contributed by atoms with Crippen LogP contribution in [0.2, 0.25) is 0 Å². The molecule has 5 nitrogen and oxygen atoms in total. The molecule has 0 aromatic heterocycles. The highest BCUT2D eigenvalue weighted by Gasteiger charge is 2.28. The van der Waals surface area contributed by atoms with Crippen LogP contribution in [0.4, 0.5) is 11.4 Å². The topological polar surface area (TPSA) is 47.0 Å². The molecule has 0 bridgehead atoms. The third-order valence-corrected chi connectivity index (χ3v) is 6.33. The van der Waals surface area contributed by atoms with E-state index in [1.54, 1.807) is 4.90 Å². The highest BCUT2D eigenvalue weighted by molar-refractivity contribution is 5.95. The predicted molar refractivity (Wildman–Crippen MR) is 119 cm³/mol. The Labute approximate surface area is 173 Å². The molecule has 2 heterocycles. The van der Waals surface area contributed by atoms with Gasteiger partial charge in [-0.2, -0.15) is 0 Å². The summed E-state index contributed by atoms with van der Waals surface area (Å²) in [4.78, 5) is 19.2. The van der Waals surface area contributed by atoms with Gasteiger partial charge in [-0.1, -0.05) is 18.2 Å². The van der Waals surface area contributed by atoms with Gasteiger partial charge in [-0.15, -0.1) is 0 Å². The fourth-order valence-electron chi connectivity index (χ4n) is 4.38. The van der Waals surface area contributed by atoms with E-state index in [0.717, 1.165) is 17.7 Å². The maximum atomic E-state index is 12.6. The molecular weight excluding hydrogens is 362 g/mol. The Hall–Kier alpha value is -2.53. The van der Waals surface area contributed by atoms with Gasteiger partial charge in [0.25, 0.3) is 5.91 Å². The first-order valence-electron chi connectivity index (χ1n) is 10.6. The summed E-state index contributed by atoms with van der Waals surface area (Å²) in [5, 5.41) is 9.68. The molecule has 4 rings (SSSR count). The third kappa shape index (κ3) is 3.71. The predicted octanol–water partition coefficient (Wildman–Crippen LogP) is 3.61. The van der Waals surface area contributed by atoms with Crippen LogP contribution in [-0.2, 0) is 0 Å². The number of fused-ring (bicyclic) bond motifs is 1. The number of anilines is 2. The summed E-state index contributed by atoms with van der Waals surface area (Å²) in [6, 6.07) is 15.4. The molecule has 1 N–H and O–H groups in total. The molecule has 29 heavy (non-hydrogen) atoms. The van der Waals surface area contributed by atoms with Gasteiger partial charge < -0.3 is 19.8 Å². The van der Waals surface area contributed by atoms with Crippen molar-refractivity contribution in [3.63, 3.8) is 0 Å². The standard InChI is InChI=1S/C24H31N3O2/c1-16(2)27-14-17(3)25(4)22-10-9-20(13-23(22)27)18-5-7-19(8-6-18)24(29)26-12-11-21(28)15-26/h5-10,13,16-17,21,28H,11-12,14-15H2,1-4H3/t17-,21-/m0/s1. The fourth-order valence-corrected chi connectivity index (χ4v) is 4.38. The Balaban J connectivity index is 1.61. The Kier molecular flexibility index (Phi) is 5.26. The molecule has 1 saturated heterocycles. The number of hydrogen-bond donors (Lipinski definition) is 1. The quantitative estimate of drug-likeness (QED) is 0.865. The molecule has 2 aromatic rings. The minimum absolute atomic E-state index is 0.000126. The average molecular weight is 394 g/mol. The van der Waals surface area contributed by atoms with Crippen LogP contribution in [0.1, 0.15) is 37.6 Å². The second-order valence-electron chi connectivity index (χ2n) is 8.68. The molecule has 0 unspecified atom stereocenters. The zero-order valence-electron chi connectivity index (χ0n) is 17.8. The van der Waals surface area contributed by atoms with Gasteiger partial charge in [0.1, 0.15) is 0 Å². The number of β-amino-alcohol motifs (C(OH)–C–C–N with tert-alkyl or cyclic N) is 1. The van der Waals surface area contributed by atoms with Crippen LogP contribution in [0.25, 0.3) is 11.1 Å². The number of likely N-dealkylation sites (N-methyl/N-ethyl adjacent to an activating group) is 1. The first kappa shape index (κ1) is 19.8. The van der Waals surface area contributed by atoms with Crippen molar-refractivity contribution in [2.24, 2.45) is 0 Å². The van der Waals surface area contributed by atoms with Gasteiger partial charge in [-0.3, -0.25) is 4.79 Å². The van der Waals surface area contributed by atoms with E-state index in [9.17, 15) is 9.90 Å². The monoisotopic (exact) mass is 393 g/mol. The van der Waals surface area contributed by atoms with Crippen molar-refractivity contribution in [3.8, 4) is 11.1 Å². The summed E-state index contributed by atoms with van der Waals surface area (Å²) in [5.74, 6) is 0.000126. The highest BCUT2D eigenvalue weighted by atomic mass is 16.3. The molecule has 0 aliphatic carbocycles. The molecule has 2 aliphatic rings. The molecule has 1 fully saturated rings. The van der Waals surface area contributed by atoms with Crippen LogP contribution in [0, 0.1) is 0 Å². The fraction of sp³-hybridized carbons (Fsp3) is 0.458. The van der Waals surface area contributed by atoms with E-state index < -0.39 is 6.10 Å². The van der Waals surface area contributed by atoms with E-state index in [1.807, 2.05) is 24.3 Å². The van der Waals surface area contributed by atoms with Gasteiger partial charge in [0.2, 0.25) is 0 Å². The summed E-state index contributed by atoms with van der Waals surface area (Å²) in [5.41, 5.74) is 5.48. The van der Waals surface area contributed by atoms with Crippen molar-refractivity contribution >= 4 is 17.3 Å². The van der Waals surface area contributed by atoms with Gasteiger partial charge in [0.15, 0.2) is 0 Å². The molecule has 154 valence electrons. The number of nitrogens with zero attached hydrogens (tertiary/aromatic N) is 3. The molecule has 1 amide bonds. The van der Waals surface area contributed by atoms with E-state index >= 15 is 0 Å². The third-order valence-electron chi connectivity index (χ3n) is 6.33. The lowest BCUT2D eigenvalue weighted by atomic mass is 9.99. The largest absolute Gasteiger partial charge is 0.391 e. The van der Waals surface area contributed by atoms with Gasteiger partial charge in [-0.25, -0.2) is 0 Å². The zero-order chi connectivity index (χ0) is 20.7. The highest BCUT2D eigenvalue weighted by Crippen LogP contribution is 2.38. The van der Waals surface area contributed by atoms with Crippen molar-refractivity contribution in [1.82, 2.24) is 4.90 Å². The van der Waals surface area contributed by atoms with Crippen molar-refractivity contribution in [3.05, 3.63) is 48.0 Å². The second-order valence-corrected chi connectivity index (χ2v) is 8.68. The lowest BCUT2D eigenvalue weighted by Crippen LogP contribution is -2.48. The van der Waals surface area contributed by atoms with Crippen LogP contribution < -0.4 is 9.80 Å². The maximum Gasteiger partial charge on any atom is 0.253 e. The van der Waals surface area contributed by atoms with Gasteiger partial charge in [-0.05, 0) is 62.6 Å². The Morgan fingerprint density at radius 3 is 2.34 bits per heavy atom. The van der Waals surface area contributed by atoms with Gasteiger partial charge >= 0.3 is 0 Å². The average Bonchev–Trinajstić information content (AvgIpc) is 3.16. The minimum Gasteiger partial charge on any atom is -0.391 e. The number of aliphatic hydroxyl groups excluding tert-OH is 1. The van der Waals surface area contributed by atoms with Crippen LogP contribution in [-0.4, -0.2) is 60.8 Å². The van der Waals surface area contributed by atoms with Crippen LogP contribution in [0.5, 0.6) is 0 Å². The lowest BCUT2D eigenvalue weighted by Gasteiger charge is -2.43. The molecular formula is C24H31N3O2. The summed E-state index contributed by atoms with van der Waals surface area (Å²) in [7, 11) is 2.16. The van der Waals surface area contributed by atoms with Crippen molar-refractivity contribution < 1.29 is 9.90 Å². The number of amides is 1. The van der Waals surface area contributed by atoms with Crippen LogP contribution >= 0.6 is 0 Å². The number of aliphatic hydroxyl groups is 1. The lowest BCUT2D eigenvalue weighted by molar-refractivity contribution is 0.0765. The number of benzene rings is 2. The second kappa shape index (κ2) is 7.71. The summed E-state index contributed by atoms with van der Waals surface area (Å²) >= 11 is 0. The smallest absolute Gasteiger partial charge is 0.253 e. The minimum atomic E-state index is -0.390. The first-order chi connectivity index (χ1) is 13.8. The van der Waals surface area contributed by atoms with E-state index in [-0.39, 0.29) is 5.91 Å².